The van der Waals surface area contributed by atoms with Crippen molar-refractivity contribution in [2.75, 3.05) is 31.3 Å². The summed E-state index contributed by atoms with van der Waals surface area (Å²) in [4.78, 5) is 37.2. The topological polar surface area (TPSA) is 257 Å². The number of aliphatic hydroxyl groups excluding tert-OH is 2. The molecule has 6 heterocycles. The first-order valence-corrected chi connectivity index (χ1v) is 14.7. The van der Waals surface area contributed by atoms with E-state index in [9.17, 15) is 19.9 Å². The highest BCUT2D eigenvalue weighted by molar-refractivity contribution is 8.07. The van der Waals surface area contributed by atoms with E-state index >= 15 is 4.39 Å². The average Bonchev–Trinajstić information content (AvgIpc) is 3.69. The lowest BCUT2D eigenvalue weighted by atomic mass is 10.1. The van der Waals surface area contributed by atoms with Crippen molar-refractivity contribution < 1.29 is 38.0 Å². The van der Waals surface area contributed by atoms with Crippen molar-refractivity contribution >= 4 is 52.5 Å². The van der Waals surface area contributed by atoms with Gasteiger partial charge in [-0.3, -0.25) is 14.3 Å². The van der Waals surface area contributed by atoms with E-state index < -0.39 is 68.5 Å². The Kier molecular flexibility index (Phi) is 6.99. The molecule has 2 fully saturated rings. The fraction of sp³-hybridized carbons (Fsp3) is 0.500. The summed E-state index contributed by atoms with van der Waals surface area (Å²) in [5.74, 6) is -2.49. The van der Waals surface area contributed by atoms with Crippen LogP contribution in [0.2, 0.25) is 0 Å². The van der Waals surface area contributed by atoms with Gasteiger partial charge in [0.25, 0.3) is 5.56 Å². The molecule has 21 heteroatoms. The largest absolute Gasteiger partial charge is 0.394 e. The smallest absolute Gasteiger partial charge is 0.325 e. The molecule has 7 atom stereocenters. The molecule has 0 aromatic carbocycles. The molecule has 2 aliphatic rings. The normalized spacial score (nSPS) is 29.9. The Morgan fingerprint density at radius 1 is 1.34 bits per heavy atom. The van der Waals surface area contributed by atoms with Crippen LogP contribution >= 0.6 is 6.72 Å². The summed E-state index contributed by atoms with van der Waals surface area (Å²) >= 11 is 5.16. The van der Waals surface area contributed by atoms with Crippen molar-refractivity contribution in [3.05, 3.63) is 28.9 Å². The Labute approximate surface area is 233 Å². The molecule has 0 spiro atoms. The van der Waals surface area contributed by atoms with E-state index in [2.05, 4.69) is 30.2 Å². The van der Waals surface area contributed by atoms with Gasteiger partial charge < -0.3 is 45.1 Å². The molecule has 8 N–H and O–H groups in total. The summed E-state index contributed by atoms with van der Waals surface area (Å²) < 4.78 is 40.6. The third-order valence-electron chi connectivity index (χ3n) is 6.83. The number of hydrogen-bond donors (Lipinski definition) is 6. The number of nitrogen functional groups attached to an aromatic ring is 2. The van der Waals surface area contributed by atoms with Crippen LogP contribution in [0.1, 0.15) is 12.6 Å². The Morgan fingerprint density at radius 3 is 2.93 bits per heavy atom. The monoisotopic (exact) mass is 614 g/mol. The van der Waals surface area contributed by atoms with Crippen molar-refractivity contribution in [3.63, 3.8) is 0 Å². The maximum atomic E-state index is 16.0. The van der Waals surface area contributed by atoms with Crippen molar-refractivity contribution in [2.45, 2.75) is 42.9 Å². The number of aliphatic hydroxyl groups is 2. The fourth-order valence-electron chi connectivity index (χ4n) is 4.85. The maximum Gasteiger partial charge on any atom is 0.325 e. The van der Waals surface area contributed by atoms with Gasteiger partial charge in [0.2, 0.25) is 11.7 Å². The minimum absolute atomic E-state index is 0.0260. The lowest BCUT2D eigenvalue weighted by Gasteiger charge is -2.27. The second-order valence-corrected chi connectivity index (χ2v) is 12.2. The first-order valence-electron chi connectivity index (χ1n) is 12.1. The van der Waals surface area contributed by atoms with E-state index in [1.807, 2.05) is 0 Å². The van der Waals surface area contributed by atoms with Crippen LogP contribution in [0.4, 0.5) is 16.2 Å². The van der Waals surface area contributed by atoms with E-state index in [1.54, 1.807) is 0 Å². The van der Waals surface area contributed by atoms with Crippen LogP contribution in [0.15, 0.2) is 23.4 Å². The van der Waals surface area contributed by atoms with Gasteiger partial charge in [0.05, 0.1) is 24.7 Å². The number of rotatable bonds is 8. The molecule has 0 radical (unpaired) electrons. The summed E-state index contributed by atoms with van der Waals surface area (Å²) in [5, 5.41) is 28.6. The van der Waals surface area contributed by atoms with Crippen molar-refractivity contribution in [3.8, 4) is 0 Å². The number of alkyl halides is 1. The van der Waals surface area contributed by atoms with Crippen molar-refractivity contribution in [2.24, 2.45) is 0 Å². The summed E-state index contributed by atoms with van der Waals surface area (Å²) in [6.07, 6.45) is -3.33. The molecule has 0 amide bonds. The molecule has 2 saturated heterocycles. The van der Waals surface area contributed by atoms with Crippen LogP contribution in [0.5, 0.6) is 0 Å². The van der Waals surface area contributed by atoms with Gasteiger partial charge in [0.1, 0.15) is 42.7 Å². The lowest BCUT2D eigenvalue weighted by molar-refractivity contribution is -0.0573. The molecule has 4 aromatic rings. The predicted molar refractivity (Wildman–Crippen MR) is 140 cm³/mol. The maximum absolute atomic E-state index is 16.0. The number of hydrogen-bond acceptors (Lipinski definition) is 15. The molecule has 6 rings (SSSR count). The predicted octanol–water partition coefficient (Wildman–Crippen LogP) is -1.60. The summed E-state index contributed by atoms with van der Waals surface area (Å²) in [5.41, 5.74) is 10.8. The fourth-order valence-corrected chi connectivity index (χ4v) is 6.29. The second-order valence-electron chi connectivity index (χ2n) is 9.43. The molecule has 2 aliphatic heterocycles. The number of H-pyrrole nitrogens is 1. The zero-order valence-electron chi connectivity index (χ0n) is 20.8. The molecular weight excluding hydrogens is 590 g/mol. The quantitative estimate of drug-likeness (QED) is 0.122. The van der Waals surface area contributed by atoms with Crippen LogP contribution in [0.25, 0.3) is 22.2 Å². The van der Waals surface area contributed by atoms with E-state index in [1.165, 1.54) is 18.6 Å². The zero-order chi connectivity index (χ0) is 29.1. The number of nitrogens with two attached hydrogens (primary N) is 2. The Bertz CT molecular complexity index is 1720. The van der Waals surface area contributed by atoms with Crippen LogP contribution in [-0.4, -0.2) is 98.8 Å². The Balaban J connectivity index is 1.17. The third-order valence-corrected chi connectivity index (χ3v) is 8.42. The molecule has 41 heavy (non-hydrogen) atoms. The minimum Gasteiger partial charge on any atom is -0.394 e. The molecule has 0 saturated carbocycles. The molecule has 18 nitrogen and oxygen atoms in total. The van der Waals surface area contributed by atoms with Gasteiger partial charge in [-0.15, -0.1) is 5.10 Å². The van der Waals surface area contributed by atoms with Gasteiger partial charge >= 0.3 is 6.72 Å². The summed E-state index contributed by atoms with van der Waals surface area (Å²) in [7, 11) is 0. The molecular formula is C20H24FN10O8PS. The van der Waals surface area contributed by atoms with Gasteiger partial charge in [-0.1, -0.05) is 5.21 Å². The van der Waals surface area contributed by atoms with Crippen LogP contribution in [0, 0.1) is 0 Å². The van der Waals surface area contributed by atoms with Crippen LogP contribution < -0.4 is 17.0 Å². The highest BCUT2D eigenvalue weighted by Crippen LogP contribution is 2.50. The van der Waals surface area contributed by atoms with Crippen molar-refractivity contribution in [1.82, 2.24) is 39.5 Å². The standard InChI is InChI=1S/C20H24FN10O8PS/c21-20(30-2-1-9-14(22)24-7-25-15(9)30)6-36-11(13(20)33)5-37-40(35,41)39-10-3-8(4-32)38-18(10)31-16-12(28-29-31)17(34)27-19(23)26-16/h1-2,7-8,10-11,13,18,32-33H,3-6H2,(H,35,41)(H2,22,24,25)(H3,23,26,27,34)/t8-,10+,11+,13+,18+,20?,40?/m0/s1. The van der Waals surface area contributed by atoms with E-state index in [-0.39, 0.29) is 35.0 Å². The van der Waals surface area contributed by atoms with Crippen LogP contribution in [0.3, 0.4) is 0 Å². The van der Waals surface area contributed by atoms with Gasteiger partial charge in [-0.25, -0.2) is 14.4 Å². The number of nitrogens with zero attached hydrogens (tertiary/aromatic N) is 7. The number of nitrogens with one attached hydrogen (secondary N) is 1. The third kappa shape index (κ3) is 4.86. The van der Waals surface area contributed by atoms with Gasteiger partial charge in [-0.2, -0.15) is 9.67 Å². The number of fused-ring (bicyclic) bond motifs is 2. The van der Waals surface area contributed by atoms with E-state index in [4.69, 9.17) is 41.8 Å². The van der Waals surface area contributed by atoms with E-state index in [0.717, 1.165) is 9.25 Å². The number of aromatic nitrogens is 8. The second kappa shape index (κ2) is 10.3. The number of ether oxygens (including phenoxy) is 2. The zero-order valence-corrected chi connectivity index (χ0v) is 22.6. The highest BCUT2D eigenvalue weighted by Gasteiger charge is 2.53. The van der Waals surface area contributed by atoms with Gasteiger partial charge in [0, 0.05) is 12.6 Å². The SMILES string of the molecule is Nc1nc2c(nnn2[C@@H]2O[C@H](CO)C[C@H]2OP(O)(=S)OC[C@H]2OCC(F)(n3ccc4c(N)ncnc43)[C@@H]2O)c(=O)[nH]1. The summed E-state index contributed by atoms with van der Waals surface area (Å²) in [6, 6.07) is 1.52. The number of aromatic amines is 1. The molecule has 220 valence electrons. The summed E-state index contributed by atoms with van der Waals surface area (Å²) in [6.45, 7) is -5.58. The minimum atomic E-state index is -4.08. The average molecular weight is 615 g/mol. The Hall–Kier alpha value is -3.20. The van der Waals surface area contributed by atoms with E-state index in [0.29, 0.717) is 5.39 Å². The first-order chi connectivity index (χ1) is 19.5. The number of halogens is 1. The van der Waals surface area contributed by atoms with Gasteiger partial charge in [-0.05, 0) is 17.9 Å². The number of anilines is 2. The molecule has 4 aromatic heterocycles. The first kappa shape index (κ1) is 27.9. The van der Waals surface area contributed by atoms with Gasteiger partial charge in [0.15, 0.2) is 17.4 Å². The van der Waals surface area contributed by atoms with Crippen LogP contribution in [-0.2, 0) is 36.1 Å². The molecule has 0 aliphatic carbocycles. The molecule has 0 bridgehead atoms. The Morgan fingerprint density at radius 2 is 2.15 bits per heavy atom. The molecule has 2 unspecified atom stereocenters. The van der Waals surface area contributed by atoms with Crippen molar-refractivity contribution in [1.29, 1.82) is 0 Å². The lowest BCUT2D eigenvalue weighted by Crippen LogP contribution is -2.43. The highest BCUT2D eigenvalue weighted by atomic mass is 32.5.